The van der Waals surface area contributed by atoms with Crippen molar-refractivity contribution in [2.45, 2.75) is 25.7 Å². The van der Waals surface area contributed by atoms with Gasteiger partial charge in [-0.05, 0) is 18.6 Å². The van der Waals surface area contributed by atoms with E-state index in [4.69, 9.17) is 9.84 Å². The summed E-state index contributed by atoms with van der Waals surface area (Å²) in [6.07, 6.45) is 2.96. The molecule has 1 heterocycles. The second-order valence-corrected chi connectivity index (χ2v) is 3.27. The van der Waals surface area contributed by atoms with Crippen LogP contribution in [0.2, 0.25) is 0 Å². The third kappa shape index (κ3) is 2.68. The predicted octanol–water partition coefficient (Wildman–Crippen LogP) is 2.06. The average molecular weight is 209 g/mol. The van der Waals surface area contributed by atoms with E-state index in [-0.39, 0.29) is 0 Å². The van der Waals surface area contributed by atoms with Crippen LogP contribution in [0, 0.1) is 0 Å². The topological polar surface area (TPSA) is 59.4 Å². The van der Waals surface area contributed by atoms with Crippen molar-refractivity contribution in [3.05, 3.63) is 24.0 Å². The van der Waals surface area contributed by atoms with Crippen LogP contribution in [0.15, 0.2) is 18.3 Å². The zero-order chi connectivity index (χ0) is 11.3. The van der Waals surface area contributed by atoms with E-state index >= 15 is 0 Å². The van der Waals surface area contributed by atoms with Gasteiger partial charge in [-0.3, -0.25) is 9.78 Å². The van der Waals surface area contributed by atoms with E-state index in [1.807, 2.05) is 6.92 Å². The van der Waals surface area contributed by atoms with Crippen LogP contribution in [0.1, 0.15) is 31.4 Å². The maximum atomic E-state index is 11.1. The molecule has 4 heteroatoms. The molecule has 0 aliphatic carbocycles. The summed E-state index contributed by atoms with van der Waals surface area (Å²) >= 11 is 0. The van der Waals surface area contributed by atoms with E-state index in [9.17, 15) is 4.79 Å². The van der Waals surface area contributed by atoms with Gasteiger partial charge >= 0.3 is 5.97 Å². The highest BCUT2D eigenvalue weighted by Gasteiger charge is 2.23. The largest absolute Gasteiger partial charge is 0.495 e. The SMILES string of the molecule is CCCC(C(=O)O)c1ncccc1OC. The third-order valence-electron chi connectivity index (χ3n) is 2.23. The summed E-state index contributed by atoms with van der Waals surface area (Å²) in [5.74, 6) is -0.890. The summed E-state index contributed by atoms with van der Waals surface area (Å²) in [6, 6.07) is 3.46. The van der Waals surface area contributed by atoms with Gasteiger partial charge in [0.05, 0.1) is 12.8 Å². The molecular weight excluding hydrogens is 194 g/mol. The van der Waals surface area contributed by atoms with Gasteiger partial charge in [-0.2, -0.15) is 0 Å². The molecule has 0 amide bonds. The Labute approximate surface area is 88.9 Å². The molecule has 0 radical (unpaired) electrons. The van der Waals surface area contributed by atoms with Gasteiger partial charge in [-0.1, -0.05) is 13.3 Å². The fourth-order valence-corrected chi connectivity index (χ4v) is 1.50. The molecule has 4 nitrogen and oxygen atoms in total. The lowest BCUT2D eigenvalue weighted by Crippen LogP contribution is -2.14. The molecule has 0 saturated heterocycles. The van der Waals surface area contributed by atoms with E-state index in [2.05, 4.69) is 4.98 Å². The van der Waals surface area contributed by atoms with Crippen LogP contribution < -0.4 is 4.74 Å². The number of hydrogen-bond donors (Lipinski definition) is 1. The van der Waals surface area contributed by atoms with E-state index < -0.39 is 11.9 Å². The summed E-state index contributed by atoms with van der Waals surface area (Å²) < 4.78 is 5.10. The molecule has 82 valence electrons. The first-order valence-corrected chi connectivity index (χ1v) is 4.92. The van der Waals surface area contributed by atoms with Gasteiger partial charge < -0.3 is 9.84 Å². The van der Waals surface area contributed by atoms with Gasteiger partial charge in [0.25, 0.3) is 0 Å². The Morgan fingerprint density at radius 3 is 2.93 bits per heavy atom. The summed E-state index contributed by atoms with van der Waals surface area (Å²) in [6.45, 7) is 1.95. The van der Waals surface area contributed by atoms with Crippen LogP contribution in [0.4, 0.5) is 0 Å². The zero-order valence-electron chi connectivity index (χ0n) is 8.93. The number of carboxylic acids is 1. The number of nitrogens with zero attached hydrogens (tertiary/aromatic N) is 1. The number of rotatable bonds is 5. The number of carbonyl (C=O) groups is 1. The molecule has 0 saturated carbocycles. The van der Waals surface area contributed by atoms with Crippen LogP contribution in [-0.4, -0.2) is 23.2 Å². The summed E-state index contributed by atoms with van der Waals surface area (Å²) in [7, 11) is 1.52. The number of carboxylic acid groups (broad SMARTS) is 1. The monoisotopic (exact) mass is 209 g/mol. The summed E-state index contributed by atoms with van der Waals surface area (Å²) in [5.41, 5.74) is 0.509. The number of aliphatic carboxylic acids is 1. The minimum absolute atomic E-state index is 0.509. The molecule has 0 aromatic carbocycles. The van der Waals surface area contributed by atoms with Crippen molar-refractivity contribution in [3.8, 4) is 5.75 Å². The van der Waals surface area contributed by atoms with Gasteiger partial charge in [-0.25, -0.2) is 0 Å². The number of pyridine rings is 1. The molecule has 0 aliphatic rings. The Hall–Kier alpha value is -1.58. The number of aromatic nitrogens is 1. The Morgan fingerprint density at radius 1 is 1.67 bits per heavy atom. The second-order valence-electron chi connectivity index (χ2n) is 3.27. The van der Waals surface area contributed by atoms with Gasteiger partial charge in [0.2, 0.25) is 0 Å². The molecule has 0 fully saturated rings. The molecule has 0 aliphatic heterocycles. The smallest absolute Gasteiger partial charge is 0.312 e. The lowest BCUT2D eigenvalue weighted by atomic mass is 9.99. The van der Waals surface area contributed by atoms with Crippen molar-refractivity contribution in [1.82, 2.24) is 4.98 Å². The average Bonchev–Trinajstić information content (AvgIpc) is 2.25. The maximum absolute atomic E-state index is 11.1. The van der Waals surface area contributed by atoms with E-state index in [0.717, 1.165) is 6.42 Å². The van der Waals surface area contributed by atoms with E-state index in [0.29, 0.717) is 17.9 Å². The van der Waals surface area contributed by atoms with Crippen LogP contribution >= 0.6 is 0 Å². The molecule has 1 atom stereocenters. The number of methoxy groups -OCH3 is 1. The minimum atomic E-state index is -0.853. The van der Waals surface area contributed by atoms with Gasteiger partial charge in [0, 0.05) is 6.20 Å². The molecular formula is C11H15NO3. The first-order valence-electron chi connectivity index (χ1n) is 4.92. The van der Waals surface area contributed by atoms with Crippen molar-refractivity contribution >= 4 is 5.97 Å². The Bertz CT molecular complexity index is 338. The predicted molar refractivity (Wildman–Crippen MR) is 56.1 cm³/mol. The lowest BCUT2D eigenvalue weighted by molar-refractivity contribution is -0.139. The van der Waals surface area contributed by atoms with Crippen LogP contribution in [0.3, 0.4) is 0 Å². The highest BCUT2D eigenvalue weighted by Crippen LogP contribution is 2.27. The van der Waals surface area contributed by atoms with E-state index in [1.54, 1.807) is 18.3 Å². The molecule has 1 N–H and O–H groups in total. The first kappa shape index (κ1) is 11.5. The quantitative estimate of drug-likeness (QED) is 0.806. The third-order valence-corrected chi connectivity index (χ3v) is 2.23. The molecule has 15 heavy (non-hydrogen) atoms. The molecule has 1 aromatic rings. The summed E-state index contributed by atoms with van der Waals surface area (Å²) in [5, 5.41) is 9.08. The highest BCUT2D eigenvalue weighted by molar-refractivity contribution is 5.76. The molecule has 0 bridgehead atoms. The number of hydrogen-bond acceptors (Lipinski definition) is 3. The Balaban J connectivity index is 3.04. The van der Waals surface area contributed by atoms with Crippen LogP contribution in [0.25, 0.3) is 0 Å². The molecule has 1 rings (SSSR count). The van der Waals surface area contributed by atoms with E-state index in [1.165, 1.54) is 7.11 Å². The van der Waals surface area contributed by atoms with Crippen molar-refractivity contribution in [3.63, 3.8) is 0 Å². The Morgan fingerprint density at radius 2 is 2.40 bits per heavy atom. The molecule has 1 aromatic heterocycles. The van der Waals surface area contributed by atoms with Gasteiger partial charge in [0.15, 0.2) is 0 Å². The minimum Gasteiger partial charge on any atom is -0.495 e. The van der Waals surface area contributed by atoms with Crippen molar-refractivity contribution in [2.24, 2.45) is 0 Å². The lowest BCUT2D eigenvalue weighted by Gasteiger charge is -2.13. The Kier molecular flexibility index (Phi) is 4.09. The fourth-order valence-electron chi connectivity index (χ4n) is 1.50. The zero-order valence-corrected chi connectivity index (χ0v) is 8.93. The fraction of sp³-hybridized carbons (Fsp3) is 0.455. The maximum Gasteiger partial charge on any atom is 0.312 e. The van der Waals surface area contributed by atoms with Crippen molar-refractivity contribution < 1.29 is 14.6 Å². The normalized spacial score (nSPS) is 12.1. The van der Waals surface area contributed by atoms with Crippen molar-refractivity contribution in [1.29, 1.82) is 0 Å². The highest BCUT2D eigenvalue weighted by atomic mass is 16.5. The second kappa shape index (κ2) is 5.34. The molecule has 0 spiro atoms. The van der Waals surface area contributed by atoms with Gasteiger partial charge in [0.1, 0.15) is 11.7 Å². The standard InChI is InChI=1S/C11H15NO3/c1-3-5-8(11(13)14)10-9(15-2)6-4-7-12-10/h4,6-8H,3,5H2,1-2H3,(H,13,14). The molecule has 1 unspecified atom stereocenters. The van der Waals surface area contributed by atoms with Crippen molar-refractivity contribution in [2.75, 3.05) is 7.11 Å². The summed E-state index contributed by atoms with van der Waals surface area (Å²) in [4.78, 5) is 15.1. The first-order chi connectivity index (χ1) is 7.20. The van der Waals surface area contributed by atoms with Crippen LogP contribution in [-0.2, 0) is 4.79 Å². The van der Waals surface area contributed by atoms with Gasteiger partial charge in [-0.15, -0.1) is 0 Å². The van der Waals surface area contributed by atoms with Crippen LogP contribution in [0.5, 0.6) is 5.75 Å². The number of ether oxygens (including phenoxy) is 1.